The molecule has 1 amide bonds. The summed E-state index contributed by atoms with van der Waals surface area (Å²) in [5, 5.41) is 8.84. The van der Waals surface area contributed by atoms with Crippen LogP contribution in [-0.2, 0) is 4.74 Å². The second kappa shape index (κ2) is 7.14. The molecule has 0 atom stereocenters. The van der Waals surface area contributed by atoms with Gasteiger partial charge in [0, 0.05) is 18.8 Å². The lowest BCUT2D eigenvalue weighted by atomic mass is 10.2. The largest absolute Gasteiger partial charge is 0.443 e. The van der Waals surface area contributed by atoms with Crippen molar-refractivity contribution >= 4 is 11.8 Å². The maximum atomic E-state index is 12.2. The van der Waals surface area contributed by atoms with Gasteiger partial charge in [0.1, 0.15) is 5.60 Å². The molecule has 4 heteroatoms. The number of rotatable bonds is 5. The Morgan fingerprint density at radius 1 is 1.21 bits per heavy atom. The predicted molar refractivity (Wildman–Crippen MR) is 76.3 cm³/mol. The van der Waals surface area contributed by atoms with E-state index in [-0.39, 0.29) is 12.7 Å². The van der Waals surface area contributed by atoms with E-state index in [4.69, 9.17) is 9.84 Å². The standard InChI is InChI=1S/C15H23NO3/c1-15(2,3)19-14(18)16(11-7-8-12-17)13-9-5-4-6-10-13/h4-6,9-10,17H,7-8,11-12H2,1-3H3. The summed E-state index contributed by atoms with van der Waals surface area (Å²) in [5.74, 6) is 0. The number of ether oxygens (including phenoxy) is 1. The van der Waals surface area contributed by atoms with E-state index in [0.29, 0.717) is 13.0 Å². The Hall–Kier alpha value is -1.55. The van der Waals surface area contributed by atoms with E-state index in [1.54, 1.807) is 4.90 Å². The van der Waals surface area contributed by atoms with Crippen LogP contribution in [0.2, 0.25) is 0 Å². The van der Waals surface area contributed by atoms with Gasteiger partial charge in [-0.1, -0.05) is 18.2 Å². The molecule has 1 aromatic rings. The third-order valence-corrected chi connectivity index (χ3v) is 2.47. The molecule has 1 rings (SSSR count). The number of nitrogens with zero attached hydrogens (tertiary/aromatic N) is 1. The summed E-state index contributed by atoms with van der Waals surface area (Å²) in [6.45, 7) is 6.22. The van der Waals surface area contributed by atoms with Gasteiger partial charge in [-0.05, 0) is 45.7 Å². The van der Waals surface area contributed by atoms with E-state index in [2.05, 4.69) is 0 Å². The Kier molecular flexibility index (Phi) is 5.83. The summed E-state index contributed by atoms with van der Waals surface area (Å²) in [5.41, 5.74) is 0.302. The van der Waals surface area contributed by atoms with Crippen molar-refractivity contribution in [2.75, 3.05) is 18.1 Å². The number of amides is 1. The van der Waals surface area contributed by atoms with Crippen LogP contribution in [0.5, 0.6) is 0 Å². The highest BCUT2D eigenvalue weighted by Gasteiger charge is 2.22. The number of unbranched alkanes of at least 4 members (excludes halogenated alkanes) is 1. The lowest BCUT2D eigenvalue weighted by molar-refractivity contribution is 0.0579. The van der Waals surface area contributed by atoms with Crippen molar-refractivity contribution in [1.82, 2.24) is 0 Å². The van der Waals surface area contributed by atoms with Crippen LogP contribution in [0.1, 0.15) is 33.6 Å². The molecule has 106 valence electrons. The summed E-state index contributed by atoms with van der Waals surface area (Å²) in [6.07, 6.45) is 1.06. The molecule has 4 nitrogen and oxygen atoms in total. The summed E-state index contributed by atoms with van der Waals surface area (Å²) in [7, 11) is 0. The average molecular weight is 265 g/mol. The van der Waals surface area contributed by atoms with Gasteiger partial charge in [-0.15, -0.1) is 0 Å². The number of carbonyl (C=O) groups excluding carboxylic acids is 1. The zero-order valence-electron chi connectivity index (χ0n) is 11.9. The Bertz CT molecular complexity index is 384. The summed E-state index contributed by atoms with van der Waals surface area (Å²) in [6, 6.07) is 9.44. The highest BCUT2D eigenvalue weighted by Crippen LogP contribution is 2.18. The minimum atomic E-state index is -0.513. The van der Waals surface area contributed by atoms with Crippen molar-refractivity contribution in [2.24, 2.45) is 0 Å². The maximum Gasteiger partial charge on any atom is 0.414 e. The fourth-order valence-electron chi connectivity index (χ4n) is 1.63. The molecule has 1 aromatic carbocycles. The van der Waals surface area contributed by atoms with E-state index >= 15 is 0 Å². The number of aliphatic hydroxyl groups is 1. The molecule has 0 unspecified atom stereocenters. The first kappa shape index (κ1) is 15.5. The molecule has 19 heavy (non-hydrogen) atoms. The Balaban J connectivity index is 2.77. The van der Waals surface area contributed by atoms with Crippen molar-refractivity contribution < 1.29 is 14.6 Å². The first-order valence-electron chi connectivity index (χ1n) is 6.60. The van der Waals surface area contributed by atoms with E-state index in [0.717, 1.165) is 12.1 Å². The molecule has 0 bridgehead atoms. The Morgan fingerprint density at radius 3 is 2.37 bits per heavy atom. The second-order valence-electron chi connectivity index (χ2n) is 5.40. The van der Waals surface area contributed by atoms with Crippen molar-refractivity contribution in [3.63, 3.8) is 0 Å². The second-order valence-corrected chi connectivity index (χ2v) is 5.40. The van der Waals surface area contributed by atoms with Gasteiger partial charge in [-0.25, -0.2) is 4.79 Å². The first-order valence-corrected chi connectivity index (χ1v) is 6.60. The number of hydrogen-bond acceptors (Lipinski definition) is 3. The lowest BCUT2D eigenvalue weighted by Gasteiger charge is -2.27. The van der Waals surface area contributed by atoms with E-state index in [1.807, 2.05) is 51.1 Å². The van der Waals surface area contributed by atoms with Crippen LogP contribution in [0.15, 0.2) is 30.3 Å². The van der Waals surface area contributed by atoms with Crippen LogP contribution in [0.3, 0.4) is 0 Å². The van der Waals surface area contributed by atoms with E-state index in [1.165, 1.54) is 0 Å². The van der Waals surface area contributed by atoms with Gasteiger partial charge in [0.2, 0.25) is 0 Å². The minimum Gasteiger partial charge on any atom is -0.443 e. The molecule has 0 saturated heterocycles. The van der Waals surface area contributed by atoms with Crippen molar-refractivity contribution in [2.45, 2.75) is 39.2 Å². The molecule has 0 aliphatic carbocycles. The van der Waals surface area contributed by atoms with Gasteiger partial charge < -0.3 is 9.84 Å². The highest BCUT2D eigenvalue weighted by atomic mass is 16.6. The van der Waals surface area contributed by atoms with E-state index in [9.17, 15) is 4.79 Å². The predicted octanol–water partition coefficient (Wildman–Crippen LogP) is 3.20. The van der Waals surface area contributed by atoms with Crippen molar-refractivity contribution in [3.05, 3.63) is 30.3 Å². The number of carbonyl (C=O) groups is 1. The monoisotopic (exact) mass is 265 g/mol. The van der Waals surface area contributed by atoms with Crippen LogP contribution in [-0.4, -0.2) is 30.0 Å². The number of aliphatic hydroxyl groups excluding tert-OH is 1. The summed E-state index contributed by atoms with van der Waals surface area (Å²) in [4.78, 5) is 13.8. The Labute approximate surface area is 115 Å². The molecular formula is C15H23NO3. The van der Waals surface area contributed by atoms with Gasteiger partial charge in [-0.2, -0.15) is 0 Å². The van der Waals surface area contributed by atoms with Gasteiger partial charge in [0.05, 0.1) is 0 Å². The zero-order chi connectivity index (χ0) is 14.3. The molecule has 0 fully saturated rings. The van der Waals surface area contributed by atoms with Crippen LogP contribution in [0.25, 0.3) is 0 Å². The molecule has 0 spiro atoms. The quantitative estimate of drug-likeness (QED) is 0.832. The number of anilines is 1. The molecule has 0 heterocycles. The van der Waals surface area contributed by atoms with Gasteiger partial charge in [0.25, 0.3) is 0 Å². The van der Waals surface area contributed by atoms with Crippen molar-refractivity contribution in [1.29, 1.82) is 0 Å². The summed E-state index contributed by atoms with van der Waals surface area (Å²) >= 11 is 0. The van der Waals surface area contributed by atoms with Gasteiger partial charge in [0.15, 0.2) is 0 Å². The Morgan fingerprint density at radius 2 is 1.84 bits per heavy atom. The van der Waals surface area contributed by atoms with Gasteiger partial charge >= 0.3 is 6.09 Å². The lowest BCUT2D eigenvalue weighted by Crippen LogP contribution is -2.37. The molecule has 0 radical (unpaired) electrons. The topological polar surface area (TPSA) is 49.8 Å². The first-order chi connectivity index (χ1) is 8.94. The normalized spacial score (nSPS) is 11.2. The molecule has 0 aliphatic heterocycles. The molecule has 0 saturated carbocycles. The van der Waals surface area contributed by atoms with Crippen LogP contribution >= 0.6 is 0 Å². The SMILES string of the molecule is CC(C)(C)OC(=O)N(CCCCO)c1ccccc1. The molecule has 0 aliphatic rings. The van der Waals surface area contributed by atoms with Crippen LogP contribution in [0.4, 0.5) is 10.5 Å². The highest BCUT2D eigenvalue weighted by molar-refractivity contribution is 5.87. The zero-order valence-corrected chi connectivity index (χ0v) is 11.9. The smallest absolute Gasteiger partial charge is 0.414 e. The van der Waals surface area contributed by atoms with Crippen LogP contribution in [0, 0.1) is 0 Å². The van der Waals surface area contributed by atoms with Gasteiger partial charge in [-0.3, -0.25) is 4.90 Å². The van der Waals surface area contributed by atoms with Crippen molar-refractivity contribution in [3.8, 4) is 0 Å². The van der Waals surface area contributed by atoms with E-state index < -0.39 is 5.60 Å². The fourth-order valence-corrected chi connectivity index (χ4v) is 1.63. The molecular weight excluding hydrogens is 242 g/mol. The third-order valence-electron chi connectivity index (χ3n) is 2.47. The molecule has 1 N–H and O–H groups in total. The molecule has 0 aromatic heterocycles. The third kappa shape index (κ3) is 5.75. The number of benzene rings is 1. The van der Waals surface area contributed by atoms with Crippen LogP contribution < -0.4 is 4.90 Å². The number of hydrogen-bond donors (Lipinski definition) is 1. The average Bonchev–Trinajstić information content (AvgIpc) is 2.33. The number of para-hydroxylation sites is 1. The summed E-state index contributed by atoms with van der Waals surface area (Å²) < 4.78 is 5.41. The fraction of sp³-hybridized carbons (Fsp3) is 0.533. The maximum absolute atomic E-state index is 12.2. The minimum absolute atomic E-state index is 0.136.